The molecular formula is C13H21NO3. The number of amides is 1. The number of hydrogen-bond acceptors (Lipinski definition) is 3. The fraction of sp³-hybridized carbons (Fsp3) is 0.923. The topological polar surface area (TPSA) is 58.6 Å². The van der Waals surface area contributed by atoms with Crippen LogP contribution in [-0.4, -0.2) is 36.4 Å². The number of aliphatic hydroxyl groups is 1. The van der Waals surface area contributed by atoms with Gasteiger partial charge in [0.25, 0.3) is 0 Å². The van der Waals surface area contributed by atoms with Crippen molar-refractivity contribution in [1.29, 1.82) is 0 Å². The quantitative estimate of drug-likeness (QED) is 0.767. The van der Waals surface area contributed by atoms with E-state index in [4.69, 9.17) is 4.74 Å². The van der Waals surface area contributed by atoms with Crippen LogP contribution in [0.25, 0.3) is 0 Å². The fourth-order valence-corrected chi connectivity index (χ4v) is 3.24. The van der Waals surface area contributed by atoms with Crippen molar-refractivity contribution in [3.63, 3.8) is 0 Å². The van der Waals surface area contributed by atoms with E-state index in [9.17, 15) is 9.90 Å². The van der Waals surface area contributed by atoms with E-state index in [1.54, 1.807) is 0 Å². The van der Waals surface area contributed by atoms with Gasteiger partial charge in [-0.3, -0.25) is 4.79 Å². The summed E-state index contributed by atoms with van der Waals surface area (Å²) in [5.74, 6) is 0.806. The van der Waals surface area contributed by atoms with E-state index in [-0.39, 0.29) is 23.5 Å². The molecule has 3 rings (SSSR count). The SMILES string of the molecule is O=C(CC1CC1)N[C@@H]1C[C@@H](O)C12CCOCC2. The van der Waals surface area contributed by atoms with Gasteiger partial charge in [-0.25, -0.2) is 0 Å². The minimum absolute atomic E-state index is 0.0859. The van der Waals surface area contributed by atoms with Gasteiger partial charge in [-0.1, -0.05) is 0 Å². The highest BCUT2D eigenvalue weighted by atomic mass is 16.5. The number of ether oxygens (including phenoxy) is 1. The molecule has 3 aliphatic rings. The van der Waals surface area contributed by atoms with Gasteiger partial charge in [0.05, 0.1) is 6.10 Å². The molecule has 2 saturated carbocycles. The van der Waals surface area contributed by atoms with E-state index in [0.717, 1.165) is 19.3 Å². The molecule has 1 aliphatic heterocycles. The van der Waals surface area contributed by atoms with Crippen LogP contribution in [0.5, 0.6) is 0 Å². The maximum atomic E-state index is 11.8. The molecule has 0 aromatic carbocycles. The summed E-state index contributed by atoms with van der Waals surface area (Å²) in [6.07, 6.45) is 5.32. The molecule has 4 heteroatoms. The number of carbonyl (C=O) groups is 1. The van der Waals surface area contributed by atoms with Crippen LogP contribution in [0.4, 0.5) is 0 Å². The summed E-state index contributed by atoms with van der Waals surface area (Å²) in [6, 6.07) is 0.174. The van der Waals surface area contributed by atoms with Crippen LogP contribution < -0.4 is 5.32 Å². The molecule has 0 bridgehead atoms. The highest BCUT2D eigenvalue weighted by molar-refractivity contribution is 5.77. The molecule has 96 valence electrons. The predicted octanol–water partition coefficient (Wildman–Crippen LogP) is 0.833. The summed E-state index contributed by atoms with van der Waals surface area (Å²) < 4.78 is 5.35. The summed E-state index contributed by atoms with van der Waals surface area (Å²) in [6.45, 7) is 1.43. The third-order valence-corrected chi connectivity index (χ3v) is 4.75. The summed E-state index contributed by atoms with van der Waals surface area (Å²) in [7, 11) is 0. The number of carbonyl (C=O) groups excluding carboxylic acids is 1. The monoisotopic (exact) mass is 239 g/mol. The van der Waals surface area contributed by atoms with Crippen LogP contribution in [0.15, 0.2) is 0 Å². The van der Waals surface area contributed by atoms with Crippen molar-refractivity contribution in [3.05, 3.63) is 0 Å². The van der Waals surface area contributed by atoms with Crippen molar-refractivity contribution < 1.29 is 14.6 Å². The fourth-order valence-electron chi connectivity index (χ4n) is 3.24. The van der Waals surface area contributed by atoms with Gasteiger partial charge < -0.3 is 15.2 Å². The molecule has 2 aliphatic carbocycles. The van der Waals surface area contributed by atoms with Crippen molar-refractivity contribution in [2.45, 2.75) is 50.7 Å². The van der Waals surface area contributed by atoms with Crippen molar-refractivity contribution >= 4 is 5.91 Å². The average molecular weight is 239 g/mol. The third kappa shape index (κ3) is 2.08. The van der Waals surface area contributed by atoms with Crippen LogP contribution in [0.2, 0.25) is 0 Å². The molecule has 0 aromatic heterocycles. The molecule has 0 unspecified atom stereocenters. The van der Waals surface area contributed by atoms with Crippen LogP contribution in [0.1, 0.15) is 38.5 Å². The minimum Gasteiger partial charge on any atom is -0.392 e. The average Bonchev–Trinajstić information content (AvgIpc) is 3.14. The van der Waals surface area contributed by atoms with Gasteiger partial charge in [-0.05, 0) is 38.0 Å². The second-order valence-corrected chi connectivity index (χ2v) is 5.86. The lowest BCUT2D eigenvalue weighted by Crippen LogP contribution is -2.65. The highest BCUT2D eigenvalue weighted by Crippen LogP contribution is 2.49. The smallest absolute Gasteiger partial charge is 0.220 e. The van der Waals surface area contributed by atoms with Gasteiger partial charge >= 0.3 is 0 Å². The second kappa shape index (κ2) is 4.25. The normalized spacial score (nSPS) is 35.4. The van der Waals surface area contributed by atoms with E-state index in [1.807, 2.05) is 0 Å². The van der Waals surface area contributed by atoms with Gasteiger partial charge in [-0.15, -0.1) is 0 Å². The van der Waals surface area contributed by atoms with Crippen molar-refractivity contribution in [2.75, 3.05) is 13.2 Å². The van der Waals surface area contributed by atoms with E-state index in [1.165, 1.54) is 12.8 Å². The lowest BCUT2D eigenvalue weighted by molar-refractivity contribution is -0.156. The first-order chi connectivity index (χ1) is 8.21. The Labute approximate surface area is 102 Å². The first-order valence-corrected chi connectivity index (χ1v) is 6.76. The Bertz CT molecular complexity index is 308. The molecule has 2 N–H and O–H groups in total. The number of rotatable bonds is 3. The molecule has 4 nitrogen and oxygen atoms in total. The maximum absolute atomic E-state index is 11.8. The first-order valence-electron chi connectivity index (χ1n) is 6.76. The lowest BCUT2D eigenvalue weighted by Gasteiger charge is -2.55. The largest absolute Gasteiger partial charge is 0.392 e. The van der Waals surface area contributed by atoms with Gasteiger partial charge in [0.1, 0.15) is 0 Å². The Balaban J connectivity index is 1.57. The van der Waals surface area contributed by atoms with E-state index in [0.29, 0.717) is 25.6 Å². The Morgan fingerprint density at radius 1 is 1.35 bits per heavy atom. The number of nitrogens with one attached hydrogen (secondary N) is 1. The van der Waals surface area contributed by atoms with E-state index < -0.39 is 0 Å². The third-order valence-electron chi connectivity index (χ3n) is 4.75. The predicted molar refractivity (Wildman–Crippen MR) is 62.4 cm³/mol. The Morgan fingerprint density at radius 2 is 2.06 bits per heavy atom. The molecule has 1 spiro atoms. The van der Waals surface area contributed by atoms with Crippen molar-refractivity contribution in [2.24, 2.45) is 11.3 Å². The Hall–Kier alpha value is -0.610. The van der Waals surface area contributed by atoms with Crippen LogP contribution in [0, 0.1) is 11.3 Å². The molecule has 1 saturated heterocycles. The minimum atomic E-state index is -0.252. The van der Waals surface area contributed by atoms with Gasteiger partial charge in [0, 0.05) is 31.1 Å². The summed E-state index contributed by atoms with van der Waals surface area (Å²) in [4.78, 5) is 11.8. The molecular weight excluding hydrogens is 218 g/mol. The summed E-state index contributed by atoms with van der Waals surface area (Å²) in [5, 5.41) is 13.1. The zero-order valence-corrected chi connectivity index (χ0v) is 10.2. The van der Waals surface area contributed by atoms with Gasteiger partial charge in [0.15, 0.2) is 0 Å². The van der Waals surface area contributed by atoms with Crippen molar-refractivity contribution in [3.8, 4) is 0 Å². The molecule has 17 heavy (non-hydrogen) atoms. The summed E-state index contributed by atoms with van der Waals surface area (Å²) >= 11 is 0. The highest BCUT2D eigenvalue weighted by Gasteiger charge is 2.55. The second-order valence-electron chi connectivity index (χ2n) is 5.86. The van der Waals surface area contributed by atoms with Crippen LogP contribution in [-0.2, 0) is 9.53 Å². The van der Waals surface area contributed by atoms with Crippen LogP contribution in [0.3, 0.4) is 0 Å². The zero-order valence-electron chi connectivity index (χ0n) is 10.2. The lowest BCUT2D eigenvalue weighted by atomic mass is 9.58. The zero-order chi connectivity index (χ0) is 11.9. The molecule has 0 aromatic rings. The van der Waals surface area contributed by atoms with Gasteiger partial charge in [-0.2, -0.15) is 0 Å². The molecule has 2 atom stereocenters. The standard InChI is InChI=1S/C13H21NO3/c15-11-8-10(13(11)3-5-17-6-4-13)14-12(16)7-9-1-2-9/h9-11,15H,1-8H2,(H,14,16)/t10-,11-/m1/s1. The van der Waals surface area contributed by atoms with E-state index in [2.05, 4.69) is 5.32 Å². The molecule has 0 radical (unpaired) electrons. The van der Waals surface area contributed by atoms with E-state index >= 15 is 0 Å². The number of hydrogen-bond donors (Lipinski definition) is 2. The summed E-state index contributed by atoms with van der Waals surface area (Å²) in [5.41, 5.74) is -0.0859. The number of aliphatic hydroxyl groups excluding tert-OH is 1. The molecule has 1 heterocycles. The molecule has 3 fully saturated rings. The van der Waals surface area contributed by atoms with Gasteiger partial charge in [0.2, 0.25) is 5.91 Å². The van der Waals surface area contributed by atoms with Crippen LogP contribution >= 0.6 is 0 Å². The molecule has 1 amide bonds. The first kappa shape index (κ1) is 11.5. The maximum Gasteiger partial charge on any atom is 0.220 e. The van der Waals surface area contributed by atoms with Crippen molar-refractivity contribution in [1.82, 2.24) is 5.32 Å². The Kier molecular flexibility index (Phi) is 2.87. The Morgan fingerprint density at radius 3 is 2.65 bits per heavy atom.